The molecule has 2 aromatic carbocycles. The van der Waals surface area contributed by atoms with E-state index < -0.39 is 0 Å². The summed E-state index contributed by atoms with van der Waals surface area (Å²) in [6.07, 6.45) is 0. The molecule has 7 heteroatoms. The van der Waals surface area contributed by atoms with Crippen LogP contribution in [0.15, 0.2) is 41.3 Å². The summed E-state index contributed by atoms with van der Waals surface area (Å²) in [5.41, 5.74) is 3.33. The van der Waals surface area contributed by atoms with Crippen LogP contribution in [0.1, 0.15) is 11.1 Å². The molecule has 1 aromatic heterocycles. The molecule has 0 bridgehead atoms. The van der Waals surface area contributed by atoms with Crippen molar-refractivity contribution in [1.29, 1.82) is 0 Å². The van der Waals surface area contributed by atoms with Crippen LogP contribution < -0.4 is 9.64 Å². The highest BCUT2D eigenvalue weighted by atomic mass is 32.2. The highest BCUT2D eigenvalue weighted by molar-refractivity contribution is 8.00. The Morgan fingerprint density at radius 1 is 1.07 bits per heavy atom. The first-order valence-corrected chi connectivity index (χ1v) is 11.3. The monoisotopic (exact) mass is 429 g/mol. The van der Waals surface area contributed by atoms with Crippen molar-refractivity contribution in [3.8, 4) is 5.75 Å². The summed E-state index contributed by atoms with van der Waals surface area (Å²) in [7, 11) is 5.68. The number of aryl methyl sites for hydroxylation is 2. The Morgan fingerprint density at radius 2 is 1.76 bits per heavy atom. The molecular weight excluding hydrogens is 402 g/mol. The maximum absolute atomic E-state index is 13.1. The van der Waals surface area contributed by atoms with Crippen molar-refractivity contribution in [2.45, 2.75) is 18.7 Å². The SMILES string of the molecule is COc1ccc(SCC(=O)N(CCN(C)C)c2nc3c(C)ccc(C)c3s2)cc1. The number of nitrogens with zero attached hydrogens (tertiary/aromatic N) is 3. The van der Waals surface area contributed by atoms with E-state index in [1.54, 1.807) is 18.4 Å². The summed E-state index contributed by atoms with van der Waals surface area (Å²) in [5.74, 6) is 1.25. The molecule has 0 unspecified atom stereocenters. The average molecular weight is 430 g/mol. The second kappa shape index (κ2) is 9.61. The molecule has 1 amide bonds. The van der Waals surface area contributed by atoms with E-state index in [-0.39, 0.29) is 5.91 Å². The highest BCUT2D eigenvalue weighted by Crippen LogP contribution is 2.33. The Bertz CT molecular complexity index is 945. The van der Waals surface area contributed by atoms with Gasteiger partial charge in [-0.15, -0.1) is 11.8 Å². The van der Waals surface area contributed by atoms with E-state index in [1.807, 2.05) is 43.3 Å². The molecule has 0 aliphatic heterocycles. The number of thiazole rings is 1. The van der Waals surface area contributed by atoms with Gasteiger partial charge in [0, 0.05) is 18.0 Å². The molecule has 0 fully saturated rings. The Kier molecular flexibility index (Phi) is 7.16. The van der Waals surface area contributed by atoms with Gasteiger partial charge >= 0.3 is 0 Å². The van der Waals surface area contributed by atoms with Crippen LogP contribution in [0.2, 0.25) is 0 Å². The molecule has 5 nitrogen and oxygen atoms in total. The van der Waals surface area contributed by atoms with Crippen LogP contribution in [0, 0.1) is 13.8 Å². The molecule has 29 heavy (non-hydrogen) atoms. The predicted octanol–water partition coefficient (Wildman–Crippen LogP) is 4.61. The van der Waals surface area contributed by atoms with E-state index in [1.165, 1.54) is 17.3 Å². The van der Waals surface area contributed by atoms with E-state index in [0.29, 0.717) is 12.3 Å². The van der Waals surface area contributed by atoms with Gasteiger partial charge in [0.15, 0.2) is 5.13 Å². The number of hydrogen-bond donors (Lipinski definition) is 0. The normalized spacial score (nSPS) is 11.2. The quantitative estimate of drug-likeness (QED) is 0.490. The third-order valence-corrected chi connectivity index (χ3v) is 6.87. The number of ether oxygens (including phenoxy) is 1. The van der Waals surface area contributed by atoms with Crippen molar-refractivity contribution < 1.29 is 9.53 Å². The van der Waals surface area contributed by atoms with Crippen molar-refractivity contribution in [3.63, 3.8) is 0 Å². The van der Waals surface area contributed by atoms with Crippen molar-refractivity contribution >= 4 is 44.4 Å². The number of amides is 1. The average Bonchev–Trinajstić information content (AvgIpc) is 3.16. The lowest BCUT2D eigenvalue weighted by Crippen LogP contribution is -2.37. The lowest BCUT2D eigenvalue weighted by molar-refractivity contribution is -0.116. The van der Waals surface area contributed by atoms with Crippen molar-refractivity contribution in [1.82, 2.24) is 9.88 Å². The first kappa shape index (κ1) is 21.6. The van der Waals surface area contributed by atoms with E-state index in [0.717, 1.165) is 38.1 Å². The van der Waals surface area contributed by atoms with Gasteiger partial charge in [-0.2, -0.15) is 0 Å². The van der Waals surface area contributed by atoms with E-state index >= 15 is 0 Å². The number of rotatable bonds is 8. The number of aromatic nitrogens is 1. The molecule has 0 saturated heterocycles. The number of hydrogen-bond acceptors (Lipinski definition) is 6. The smallest absolute Gasteiger partial charge is 0.239 e. The molecule has 0 N–H and O–H groups in total. The van der Waals surface area contributed by atoms with E-state index in [2.05, 4.69) is 30.9 Å². The first-order chi connectivity index (χ1) is 13.9. The van der Waals surface area contributed by atoms with Crippen molar-refractivity contribution in [2.24, 2.45) is 0 Å². The second-order valence-corrected chi connectivity index (χ2v) is 9.21. The molecule has 0 atom stereocenters. The minimum Gasteiger partial charge on any atom is -0.497 e. The van der Waals surface area contributed by atoms with Crippen LogP contribution in [0.25, 0.3) is 10.2 Å². The number of fused-ring (bicyclic) bond motifs is 1. The van der Waals surface area contributed by atoms with Crippen LogP contribution >= 0.6 is 23.1 Å². The van der Waals surface area contributed by atoms with Gasteiger partial charge in [0.05, 0.1) is 23.1 Å². The Morgan fingerprint density at radius 3 is 2.38 bits per heavy atom. The largest absolute Gasteiger partial charge is 0.497 e. The summed E-state index contributed by atoms with van der Waals surface area (Å²) in [6, 6.07) is 12.0. The number of carbonyl (C=O) groups excluding carboxylic acids is 1. The van der Waals surface area contributed by atoms with E-state index in [4.69, 9.17) is 9.72 Å². The number of likely N-dealkylation sites (N-methyl/N-ethyl adjacent to an activating group) is 1. The fraction of sp³-hybridized carbons (Fsp3) is 0.364. The van der Waals surface area contributed by atoms with Crippen LogP contribution in [0.5, 0.6) is 5.75 Å². The third kappa shape index (κ3) is 5.29. The van der Waals surface area contributed by atoms with Gasteiger partial charge < -0.3 is 9.64 Å². The molecular formula is C22H27N3O2S2. The van der Waals surface area contributed by atoms with Crippen LogP contribution in [-0.2, 0) is 4.79 Å². The molecule has 154 valence electrons. The molecule has 3 aromatic rings. The summed E-state index contributed by atoms with van der Waals surface area (Å²) < 4.78 is 6.36. The fourth-order valence-electron chi connectivity index (χ4n) is 2.89. The molecule has 0 radical (unpaired) electrons. The van der Waals surface area contributed by atoms with Gasteiger partial charge in [0.1, 0.15) is 5.75 Å². The van der Waals surface area contributed by atoms with Crippen LogP contribution in [-0.4, -0.2) is 55.8 Å². The Labute approximate surface area is 180 Å². The van der Waals surface area contributed by atoms with Gasteiger partial charge in [0.25, 0.3) is 0 Å². The Hall–Kier alpha value is -2.09. The number of thioether (sulfide) groups is 1. The lowest BCUT2D eigenvalue weighted by atomic mass is 10.1. The number of carbonyl (C=O) groups is 1. The molecule has 0 aliphatic carbocycles. The molecule has 0 spiro atoms. The topological polar surface area (TPSA) is 45.7 Å². The summed E-state index contributed by atoms with van der Waals surface area (Å²) in [4.78, 5) is 22.9. The maximum Gasteiger partial charge on any atom is 0.239 e. The Balaban J connectivity index is 1.81. The number of anilines is 1. The minimum absolute atomic E-state index is 0.0713. The van der Waals surface area contributed by atoms with Crippen LogP contribution in [0.4, 0.5) is 5.13 Å². The van der Waals surface area contributed by atoms with Gasteiger partial charge in [-0.25, -0.2) is 4.98 Å². The zero-order valence-corrected chi connectivity index (χ0v) is 19.2. The summed E-state index contributed by atoms with van der Waals surface area (Å²) >= 11 is 3.14. The van der Waals surface area contributed by atoms with Gasteiger partial charge in [-0.1, -0.05) is 23.5 Å². The second-order valence-electron chi connectivity index (χ2n) is 7.19. The van der Waals surface area contributed by atoms with Crippen molar-refractivity contribution in [2.75, 3.05) is 44.9 Å². The number of benzene rings is 2. The third-order valence-electron chi connectivity index (χ3n) is 4.66. The fourth-order valence-corrected chi connectivity index (χ4v) is 4.82. The van der Waals surface area contributed by atoms with Gasteiger partial charge in [-0.05, 0) is 63.3 Å². The molecule has 1 heterocycles. The van der Waals surface area contributed by atoms with E-state index in [9.17, 15) is 4.79 Å². The number of methoxy groups -OCH3 is 1. The summed E-state index contributed by atoms with van der Waals surface area (Å²) in [5, 5.41) is 0.777. The van der Waals surface area contributed by atoms with Crippen molar-refractivity contribution in [3.05, 3.63) is 47.5 Å². The molecule has 0 aliphatic rings. The minimum atomic E-state index is 0.0713. The predicted molar refractivity (Wildman–Crippen MR) is 124 cm³/mol. The highest BCUT2D eigenvalue weighted by Gasteiger charge is 2.21. The maximum atomic E-state index is 13.1. The standard InChI is InChI=1S/C22H27N3O2S2/c1-15-6-7-16(2)21-20(15)23-22(29-21)25(13-12-24(3)4)19(26)14-28-18-10-8-17(27-5)9-11-18/h6-11H,12-14H2,1-5H3. The lowest BCUT2D eigenvalue weighted by Gasteiger charge is -2.21. The van der Waals surface area contributed by atoms with Gasteiger partial charge in [-0.3, -0.25) is 9.69 Å². The molecule has 3 rings (SSSR count). The zero-order chi connectivity index (χ0) is 21.0. The molecule has 0 saturated carbocycles. The summed E-state index contributed by atoms with van der Waals surface area (Å²) in [6.45, 7) is 5.56. The zero-order valence-electron chi connectivity index (χ0n) is 17.6. The van der Waals surface area contributed by atoms with Crippen LogP contribution in [0.3, 0.4) is 0 Å². The first-order valence-electron chi connectivity index (χ1n) is 9.47. The van der Waals surface area contributed by atoms with Gasteiger partial charge in [0.2, 0.25) is 5.91 Å².